The van der Waals surface area contributed by atoms with Crippen LogP contribution in [0.25, 0.3) is 0 Å². The molecule has 1 aromatic carbocycles. The fourth-order valence-corrected chi connectivity index (χ4v) is 2.89. The monoisotopic (exact) mass is 346 g/mol. The minimum absolute atomic E-state index is 0.0815. The quantitative estimate of drug-likeness (QED) is 0.771. The van der Waals surface area contributed by atoms with Crippen LogP contribution in [0.1, 0.15) is 46.1 Å². The van der Waals surface area contributed by atoms with Crippen LogP contribution in [0, 0.1) is 0 Å². The van der Waals surface area contributed by atoms with E-state index in [1.54, 1.807) is 11.8 Å². The van der Waals surface area contributed by atoms with Crippen LogP contribution in [-0.4, -0.2) is 54.4 Å². The van der Waals surface area contributed by atoms with Gasteiger partial charge in [0.15, 0.2) is 0 Å². The number of hydrogen-bond acceptors (Lipinski definition) is 3. The largest absolute Gasteiger partial charge is 0.494 e. The van der Waals surface area contributed by atoms with Crippen molar-refractivity contribution in [1.82, 2.24) is 9.80 Å². The highest BCUT2D eigenvalue weighted by atomic mass is 16.5. The maximum atomic E-state index is 12.2. The van der Waals surface area contributed by atoms with Gasteiger partial charge in [0.2, 0.25) is 11.8 Å². The van der Waals surface area contributed by atoms with Crippen molar-refractivity contribution in [2.24, 2.45) is 0 Å². The van der Waals surface area contributed by atoms with E-state index >= 15 is 0 Å². The highest BCUT2D eigenvalue weighted by Crippen LogP contribution is 2.24. The van der Waals surface area contributed by atoms with Gasteiger partial charge in [0, 0.05) is 39.5 Å². The summed E-state index contributed by atoms with van der Waals surface area (Å²) in [7, 11) is 0. The summed E-state index contributed by atoms with van der Waals surface area (Å²) in [4.78, 5) is 27.1. The molecule has 1 fully saturated rings. The van der Waals surface area contributed by atoms with Crippen LogP contribution >= 0.6 is 0 Å². The third kappa shape index (κ3) is 5.76. The van der Waals surface area contributed by atoms with Gasteiger partial charge in [-0.3, -0.25) is 9.59 Å². The Hall–Kier alpha value is -2.04. The van der Waals surface area contributed by atoms with E-state index in [1.807, 2.05) is 17.0 Å². The van der Waals surface area contributed by atoms with Crippen molar-refractivity contribution < 1.29 is 14.3 Å². The molecular weight excluding hydrogens is 316 g/mol. The molecule has 0 aromatic heterocycles. The summed E-state index contributed by atoms with van der Waals surface area (Å²) in [5, 5.41) is 0. The normalized spacial score (nSPS) is 15.2. The predicted molar refractivity (Wildman–Crippen MR) is 98.7 cm³/mol. The van der Waals surface area contributed by atoms with E-state index in [0.717, 1.165) is 5.75 Å². The number of carbonyl (C=O) groups is 2. The molecule has 1 aliphatic rings. The molecule has 2 amide bonds. The van der Waals surface area contributed by atoms with Crippen LogP contribution in [0.2, 0.25) is 0 Å². The van der Waals surface area contributed by atoms with Gasteiger partial charge in [0.1, 0.15) is 5.75 Å². The number of hydrogen-bond donors (Lipinski definition) is 0. The summed E-state index contributed by atoms with van der Waals surface area (Å²) in [6.45, 7) is 11.2. The van der Waals surface area contributed by atoms with Crippen molar-refractivity contribution >= 4 is 11.8 Å². The summed E-state index contributed by atoms with van der Waals surface area (Å²) >= 11 is 0. The van der Waals surface area contributed by atoms with E-state index in [2.05, 4.69) is 32.9 Å². The van der Waals surface area contributed by atoms with Crippen LogP contribution in [0.3, 0.4) is 0 Å². The Bertz CT molecular complexity index is 582. The van der Waals surface area contributed by atoms with E-state index in [-0.39, 0.29) is 17.2 Å². The van der Waals surface area contributed by atoms with E-state index in [9.17, 15) is 9.59 Å². The first kappa shape index (κ1) is 19.3. The molecule has 0 N–H and O–H groups in total. The van der Waals surface area contributed by atoms with Crippen molar-refractivity contribution in [2.75, 3.05) is 32.8 Å². The van der Waals surface area contributed by atoms with Gasteiger partial charge >= 0.3 is 0 Å². The van der Waals surface area contributed by atoms with Crippen molar-refractivity contribution in [3.05, 3.63) is 29.8 Å². The van der Waals surface area contributed by atoms with Gasteiger partial charge in [-0.05, 0) is 29.5 Å². The molecule has 0 spiro atoms. The van der Waals surface area contributed by atoms with Crippen molar-refractivity contribution in [3.8, 4) is 5.75 Å². The Morgan fingerprint density at radius 1 is 1.00 bits per heavy atom. The number of nitrogens with zero attached hydrogens (tertiary/aromatic N) is 2. The SMILES string of the molecule is CC(=O)N1CCN(C(=O)CCCOc2ccc(C(C)(C)C)cc2)CC1. The zero-order chi connectivity index (χ0) is 18.4. The van der Waals surface area contributed by atoms with Crippen LogP contribution in [0.5, 0.6) is 5.75 Å². The molecule has 2 rings (SSSR count). The molecule has 0 saturated carbocycles. The summed E-state index contributed by atoms with van der Waals surface area (Å²) in [6.07, 6.45) is 1.19. The third-order valence-electron chi connectivity index (χ3n) is 4.60. The standard InChI is InChI=1S/C20H30N2O3/c1-16(23)21-11-13-22(14-12-21)19(24)6-5-15-25-18-9-7-17(8-10-18)20(2,3)4/h7-10H,5-6,11-15H2,1-4H3. The average molecular weight is 346 g/mol. The van der Waals surface area contributed by atoms with Gasteiger partial charge in [0.25, 0.3) is 0 Å². The third-order valence-corrected chi connectivity index (χ3v) is 4.60. The fraction of sp³-hybridized carbons (Fsp3) is 0.600. The van der Waals surface area contributed by atoms with Crippen LogP contribution in [-0.2, 0) is 15.0 Å². The molecule has 0 bridgehead atoms. The molecule has 1 aliphatic heterocycles. The smallest absolute Gasteiger partial charge is 0.222 e. The minimum Gasteiger partial charge on any atom is -0.494 e. The molecule has 138 valence electrons. The zero-order valence-electron chi connectivity index (χ0n) is 15.9. The molecule has 5 heteroatoms. The molecule has 1 aromatic rings. The number of ether oxygens (including phenoxy) is 1. The van der Waals surface area contributed by atoms with Gasteiger partial charge in [-0.15, -0.1) is 0 Å². The fourth-order valence-electron chi connectivity index (χ4n) is 2.89. The lowest BCUT2D eigenvalue weighted by atomic mass is 9.87. The van der Waals surface area contributed by atoms with Crippen molar-refractivity contribution in [2.45, 2.75) is 46.0 Å². The Labute approximate surface area is 150 Å². The van der Waals surface area contributed by atoms with Gasteiger partial charge in [-0.25, -0.2) is 0 Å². The summed E-state index contributed by atoms with van der Waals surface area (Å²) < 4.78 is 5.74. The van der Waals surface area contributed by atoms with Crippen LogP contribution in [0.15, 0.2) is 24.3 Å². The number of benzene rings is 1. The second-order valence-electron chi connectivity index (χ2n) is 7.61. The van der Waals surface area contributed by atoms with E-state index in [4.69, 9.17) is 4.74 Å². The molecule has 0 unspecified atom stereocenters. The Kier molecular flexibility index (Phi) is 6.45. The Balaban J connectivity index is 1.67. The second kappa shape index (κ2) is 8.37. The molecule has 1 heterocycles. The van der Waals surface area contributed by atoms with Crippen LogP contribution < -0.4 is 4.74 Å². The summed E-state index contributed by atoms with van der Waals surface area (Å²) in [6, 6.07) is 8.16. The number of piperazine rings is 1. The second-order valence-corrected chi connectivity index (χ2v) is 7.61. The van der Waals surface area contributed by atoms with E-state index in [1.165, 1.54) is 5.56 Å². The van der Waals surface area contributed by atoms with Gasteiger partial charge < -0.3 is 14.5 Å². The maximum absolute atomic E-state index is 12.2. The van der Waals surface area contributed by atoms with Crippen LogP contribution in [0.4, 0.5) is 0 Å². The number of rotatable bonds is 5. The zero-order valence-corrected chi connectivity index (χ0v) is 15.9. The molecule has 25 heavy (non-hydrogen) atoms. The van der Waals surface area contributed by atoms with Gasteiger partial charge in [-0.1, -0.05) is 32.9 Å². The first-order valence-corrected chi connectivity index (χ1v) is 9.04. The molecule has 1 saturated heterocycles. The van der Waals surface area contributed by atoms with Gasteiger partial charge in [-0.2, -0.15) is 0 Å². The average Bonchev–Trinajstić information content (AvgIpc) is 2.58. The first-order chi connectivity index (χ1) is 11.8. The minimum atomic E-state index is 0.0815. The summed E-state index contributed by atoms with van der Waals surface area (Å²) in [5.74, 6) is 1.07. The first-order valence-electron chi connectivity index (χ1n) is 9.04. The lowest BCUT2D eigenvalue weighted by Crippen LogP contribution is -2.50. The Morgan fingerprint density at radius 3 is 2.08 bits per heavy atom. The molecule has 0 aliphatic carbocycles. The lowest BCUT2D eigenvalue weighted by molar-refractivity contribution is -0.138. The predicted octanol–water partition coefficient (Wildman–Crippen LogP) is 2.83. The van der Waals surface area contributed by atoms with E-state index < -0.39 is 0 Å². The molecular formula is C20H30N2O3. The maximum Gasteiger partial charge on any atom is 0.222 e. The Morgan fingerprint density at radius 2 is 1.56 bits per heavy atom. The topological polar surface area (TPSA) is 49.9 Å². The van der Waals surface area contributed by atoms with Gasteiger partial charge in [0.05, 0.1) is 6.61 Å². The molecule has 0 radical (unpaired) electrons. The van der Waals surface area contributed by atoms with Crippen molar-refractivity contribution in [1.29, 1.82) is 0 Å². The number of carbonyl (C=O) groups excluding carboxylic acids is 2. The molecule has 5 nitrogen and oxygen atoms in total. The molecule has 0 atom stereocenters. The number of amides is 2. The van der Waals surface area contributed by atoms with E-state index in [0.29, 0.717) is 45.6 Å². The summed E-state index contributed by atoms with van der Waals surface area (Å²) in [5.41, 5.74) is 1.41. The highest BCUT2D eigenvalue weighted by molar-refractivity contribution is 5.77. The van der Waals surface area contributed by atoms with Crippen molar-refractivity contribution in [3.63, 3.8) is 0 Å². The highest BCUT2D eigenvalue weighted by Gasteiger charge is 2.21. The lowest BCUT2D eigenvalue weighted by Gasteiger charge is -2.34.